The van der Waals surface area contributed by atoms with Crippen LogP contribution >= 0.6 is 11.3 Å². The average molecular weight is 339 g/mol. The van der Waals surface area contributed by atoms with Crippen LogP contribution in [0.1, 0.15) is 36.3 Å². The predicted octanol–water partition coefficient (Wildman–Crippen LogP) is 3.88. The van der Waals surface area contributed by atoms with Crippen LogP contribution in [0.4, 0.5) is 0 Å². The minimum Gasteiger partial charge on any atom is -0.339 e. The number of amides is 1. The number of hydrogen-bond acceptors (Lipinski definition) is 5. The molecule has 6 heteroatoms. The van der Waals surface area contributed by atoms with Gasteiger partial charge in [0.1, 0.15) is 0 Å². The number of hydrogen-bond donors (Lipinski definition) is 0. The molecule has 0 N–H and O–H groups in total. The van der Waals surface area contributed by atoms with Gasteiger partial charge in [0.2, 0.25) is 17.6 Å². The fourth-order valence-electron chi connectivity index (χ4n) is 3.30. The van der Waals surface area contributed by atoms with Crippen LogP contribution in [0.5, 0.6) is 0 Å². The van der Waals surface area contributed by atoms with Gasteiger partial charge in [-0.15, -0.1) is 0 Å². The molecule has 0 aliphatic carbocycles. The lowest BCUT2D eigenvalue weighted by Crippen LogP contribution is -2.39. The lowest BCUT2D eigenvalue weighted by molar-refractivity contribution is -0.135. The summed E-state index contributed by atoms with van der Waals surface area (Å²) in [6.07, 6.45) is 1.22. The van der Waals surface area contributed by atoms with Crippen molar-refractivity contribution in [3.63, 3.8) is 0 Å². The van der Waals surface area contributed by atoms with Crippen molar-refractivity contribution in [1.82, 2.24) is 15.0 Å². The number of likely N-dealkylation sites (tertiary alicyclic amines) is 1. The number of carbonyl (C=O) groups excluding carboxylic acids is 1. The molecule has 1 fully saturated rings. The summed E-state index contributed by atoms with van der Waals surface area (Å²) in [4.78, 5) is 18.6. The van der Waals surface area contributed by atoms with E-state index in [1.165, 1.54) is 0 Å². The molecule has 5 nitrogen and oxygen atoms in total. The van der Waals surface area contributed by atoms with E-state index < -0.39 is 0 Å². The summed E-state index contributed by atoms with van der Waals surface area (Å²) in [7, 11) is 1.85. The van der Waals surface area contributed by atoms with Gasteiger partial charge in [0, 0.05) is 24.4 Å². The monoisotopic (exact) mass is 339 g/mol. The van der Waals surface area contributed by atoms with E-state index in [0.29, 0.717) is 24.6 Å². The van der Waals surface area contributed by atoms with Crippen molar-refractivity contribution in [2.24, 2.45) is 0 Å². The van der Waals surface area contributed by atoms with Crippen molar-refractivity contribution in [3.05, 3.63) is 58.6 Å². The molecule has 122 valence electrons. The van der Waals surface area contributed by atoms with Gasteiger partial charge >= 0.3 is 0 Å². The number of likely N-dealkylation sites (N-methyl/N-ethyl adjacent to an activating group) is 1. The molecule has 1 saturated heterocycles. The maximum atomic E-state index is 12.2. The summed E-state index contributed by atoms with van der Waals surface area (Å²) in [5.74, 6) is 1.37. The predicted molar refractivity (Wildman–Crippen MR) is 91.5 cm³/mol. The summed E-state index contributed by atoms with van der Waals surface area (Å²) in [6, 6.07) is 11.9. The third kappa shape index (κ3) is 2.63. The summed E-state index contributed by atoms with van der Waals surface area (Å²) >= 11 is 1.60. The van der Waals surface area contributed by atoms with Crippen molar-refractivity contribution < 1.29 is 9.32 Å². The molecule has 3 heterocycles. The molecule has 4 rings (SSSR count). The molecule has 24 heavy (non-hydrogen) atoms. The molecule has 0 unspecified atom stereocenters. The van der Waals surface area contributed by atoms with E-state index in [1.54, 1.807) is 16.2 Å². The van der Waals surface area contributed by atoms with Gasteiger partial charge in [-0.1, -0.05) is 35.5 Å². The molecule has 1 amide bonds. The van der Waals surface area contributed by atoms with Crippen LogP contribution in [0, 0.1) is 0 Å². The average Bonchev–Trinajstić information content (AvgIpc) is 3.29. The Hall–Kier alpha value is -2.47. The van der Waals surface area contributed by atoms with Gasteiger partial charge in [0.05, 0.1) is 12.0 Å². The zero-order valence-corrected chi connectivity index (χ0v) is 14.1. The Labute approximate surface area is 143 Å². The summed E-state index contributed by atoms with van der Waals surface area (Å²) in [6.45, 7) is 0. The number of thiophene rings is 1. The fourth-order valence-corrected chi connectivity index (χ4v) is 3.93. The Balaban J connectivity index is 1.71. The highest BCUT2D eigenvalue weighted by atomic mass is 32.1. The quantitative estimate of drug-likeness (QED) is 0.727. The Morgan fingerprint density at radius 1 is 1.25 bits per heavy atom. The molecule has 0 saturated carbocycles. The molecular formula is C18H17N3O2S. The number of nitrogens with zero attached hydrogens (tertiary/aromatic N) is 3. The van der Waals surface area contributed by atoms with Crippen molar-refractivity contribution in [2.45, 2.75) is 24.8 Å². The first kappa shape index (κ1) is 15.1. The van der Waals surface area contributed by atoms with Crippen LogP contribution in [0.15, 0.2) is 51.7 Å². The molecule has 1 aromatic carbocycles. The number of aromatic nitrogens is 2. The van der Waals surface area contributed by atoms with Gasteiger partial charge in [-0.05, 0) is 23.4 Å². The lowest BCUT2D eigenvalue weighted by atomic mass is 9.84. The van der Waals surface area contributed by atoms with E-state index in [2.05, 4.69) is 10.1 Å². The van der Waals surface area contributed by atoms with Gasteiger partial charge in [0.15, 0.2) is 0 Å². The molecule has 0 radical (unpaired) electrons. The summed E-state index contributed by atoms with van der Waals surface area (Å²) in [5.41, 5.74) is 2.06. The zero-order valence-electron chi connectivity index (χ0n) is 13.3. The number of carbonyl (C=O) groups is 1. The Morgan fingerprint density at radius 2 is 2.08 bits per heavy atom. The van der Waals surface area contributed by atoms with Crippen molar-refractivity contribution in [1.29, 1.82) is 0 Å². The Kier molecular flexibility index (Phi) is 3.90. The second-order valence-electron chi connectivity index (χ2n) is 5.97. The van der Waals surface area contributed by atoms with Crippen molar-refractivity contribution in [2.75, 3.05) is 7.05 Å². The van der Waals surface area contributed by atoms with Crippen molar-refractivity contribution in [3.8, 4) is 11.4 Å². The Morgan fingerprint density at radius 3 is 2.83 bits per heavy atom. The maximum absolute atomic E-state index is 12.2. The first-order valence-electron chi connectivity index (χ1n) is 7.91. The normalized spacial score (nSPS) is 21.2. The van der Waals surface area contributed by atoms with E-state index in [1.807, 2.05) is 54.2 Å². The van der Waals surface area contributed by atoms with Gasteiger partial charge in [-0.3, -0.25) is 4.79 Å². The molecule has 0 spiro atoms. The van der Waals surface area contributed by atoms with Gasteiger partial charge in [-0.25, -0.2) is 0 Å². The van der Waals surface area contributed by atoms with Crippen LogP contribution in [-0.2, 0) is 4.79 Å². The zero-order chi connectivity index (χ0) is 16.5. The topological polar surface area (TPSA) is 59.2 Å². The summed E-state index contributed by atoms with van der Waals surface area (Å²) < 4.78 is 5.57. The Bertz CT molecular complexity index is 829. The van der Waals surface area contributed by atoms with E-state index in [-0.39, 0.29) is 17.9 Å². The minimum absolute atomic E-state index is 0.00925. The van der Waals surface area contributed by atoms with Crippen LogP contribution in [0.3, 0.4) is 0 Å². The van der Waals surface area contributed by atoms with Crippen LogP contribution in [0.2, 0.25) is 0 Å². The van der Waals surface area contributed by atoms with E-state index >= 15 is 0 Å². The van der Waals surface area contributed by atoms with Crippen LogP contribution in [0.25, 0.3) is 11.4 Å². The molecule has 1 aliphatic heterocycles. The number of piperidine rings is 1. The smallest absolute Gasteiger partial charge is 0.232 e. The molecule has 1 aliphatic rings. The van der Waals surface area contributed by atoms with E-state index in [0.717, 1.165) is 11.1 Å². The summed E-state index contributed by atoms with van der Waals surface area (Å²) in [5, 5.41) is 8.11. The highest BCUT2D eigenvalue weighted by molar-refractivity contribution is 7.08. The van der Waals surface area contributed by atoms with Crippen LogP contribution < -0.4 is 0 Å². The highest BCUT2D eigenvalue weighted by Crippen LogP contribution is 2.42. The van der Waals surface area contributed by atoms with E-state index in [4.69, 9.17) is 4.52 Å². The first-order chi connectivity index (χ1) is 11.7. The minimum atomic E-state index is -0.0803. The second-order valence-corrected chi connectivity index (χ2v) is 6.75. The van der Waals surface area contributed by atoms with Gasteiger partial charge in [0.25, 0.3) is 0 Å². The SMILES string of the molecule is CN1C(=O)CC[C@H](c2nc(-c3ccsc3)no2)[C@@H]1c1ccccc1. The first-order valence-corrected chi connectivity index (χ1v) is 8.85. The van der Waals surface area contributed by atoms with Crippen molar-refractivity contribution >= 4 is 17.2 Å². The highest BCUT2D eigenvalue weighted by Gasteiger charge is 2.38. The van der Waals surface area contributed by atoms with Gasteiger partial charge < -0.3 is 9.42 Å². The molecule has 2 atom stereocenters. The maximum Gasteiger partial charge on any atom is 0.232 e. The van der Waals surface area contributed by atoms with Crippen LogP contribution in [-0.4, -0.2) is 28.0 Å². The standard InChI is InChI=1S/C18H17N3O2S/c1-21-15(22)8-7-14(16(21)12-5-3-2-4-6-12)18-19-17(20-23-18)13-9-10-24-11-13/h2-6,9-11,14,16H,7-8H2,1H3/t14-,16-/m0/s1. The third-order valence-corrected chi connectivity index (χ3v) is 5.22. The molecule has 2 aromatic heterocycles. The lowest BCUT2D eigenvalue weighted by Gasteiger charge is -2.37. The van der Waals surface area contributed by atoms with Gasteiger partial charge in [-0.2, -0.15) is 16.3 Å². The molecular weight excluding hydrogens is 322 g/mol. The molecule has 3 aromatic rings. The van der Waals surface area contributed by atoms with E-state index in [9.17, 15) is 4.79 Å². The largest absolute Gasteiger partial charge is 0.339 e. The number of benzene rings is 1. The third-order valence-electron chi connectivity index (χ3n) is 4.54. The fraction of sp³-hybridized carbons (Fsp3) is 0.278. The molecule has 0 bridgehead atoms. The number of rotatable bonds is 3. The second kappa shape index (κ2) is 6.20.